The summed E-state index contributed by atoms with van der Waals surface area (Å²) in [6.45, 7) is 0. The zero-order chi connectivity index (χ0) is 18.2. The molecule has 136 valence electrons. The SMILES string of the molecule is O=C(c1ccc2ccccc2n1)N1C2CCC1CC(Oc1cccnc1)C2. The number of nitrogens with zero attached hydrogens (tertiary/aromatic N) is 3. The minimum atomic E-state index is 0.0491. The molecule has 2 unspecified atom stereocenters. The van der Waals surface area contributed by atoms with Crippen LogP contribution >= 0.6 is 0 Å². The topological polar surface area (TPSA) is 55.3 Å². The first kappa shape index (κ1) is 16.2. The number of hydrogen-bond acceptors (Lipinski definition) is 4. The van der Waals surface area contributed by atoms with Gasteiger partial charge in [0.15, 0.2) is 0 Å². The fourth-order valence-electron chi connectivity index (χ4n) is 4.48. The molecule has 2 bridgehead atoms. The van der Waals surface area contributed by atoms with Crippen LogP contribution in [0.15, 0.2) is 60.9 Å². The molecular weight excluding hydrogens is 338 g/mol. The van der Waals surface area contributed by atoms with Crippen molar-refractivity contribution < 1.29 is 9.53 Å². The maximum absolute atomic E-state index is 13.2. The molecule has 2 aliphatic rings. The van der Waals surface area contributed by atoms with E-state index < -0.39 is 0 Å². The highest BCUT2D eigenvalue weighted by molar-refractivity contribution is 5.95. The molecule has 0 aliphatic carbocycles. The van der Waals surface area contributed by atoms with E-state index in [1.807, 2.05) is 48.5 Å². The lowest BCUT2D eigenvalue weighted by Crippen LogP contribution is -2.49. The molecule has 0 N–H and O–H groups in total. The van der Waals surface area contributed by atoms with Gasteiger partial charge in [-0.3, -0.25) is 9.78 Å². The fourth-order valence-corrected chi connectivity index (χ4v) is 4.48. The summed E-state index contributed by atoms with van der Waals surface area (Å²) < 4.78 is 6.11. The Hall–Kier alpha value is -2.95. The second-order valence-corrected chi connectivity index (χ2v) is 7.39. The minimum Gasteiger partial charge on any atom is -0.489 e. The number of amides is 1. The number of hydrogen-bond donors (Lipinski definition) is 0. The summed E-state index contributed by atoms with van der Waals surface area (Å²) in [5.41, 5.74) is 1.41. The van der Waals surface area contributed by atoms with Crippen LogP contribution in [0, 0.1) is 0 Å². The van der Waals surface area contributed by atoms with Crippen LogP contribution in [0.25, 0.3) is 10.9 Å². The Balaban J connectivity index is 1.34. The van der Waals surface area contributed by atoms with E-state index in [1.54, 1.807) is 12.4 Å². The van der Waals surface area contributed by atoms with Gasteiger partial charge >= 0.3 is 0 Å². The Bertz CT molecular complexity index is 961. The van der Waals surface area contributed by atoms with E-state index in [9.17, 15) is 4.79 Å². The number of aromatic nitrogens is 2. The standard InChI is InChI=1S/C22H21N3O2/c26-22(21-10-7-15-4-1-2-6-20(15)24-21)25-16-8-9-17(25)13-19(12-16)27-18-5-3-11-23-14-18/h1-7,10-11,14,16-17,19H,8-9,12-13H2. The smallest absolute Gasteiger partial charge is 0.272 e. The number of pyridine rings is 2. The summed E-state index contributed by atoms with van der Waals surface area (Å²) in [6.07, 6.45) is 7.44. The van der Waals surface area contributed by atoms with Crippen LogP contribution in [0.3, 0.4) is 0 Å². The van der Waals surface area contributed by atoms with Gasteiger partial charge in [-0.25, -0.2) is 4.98 Å². The van der Waals surface area contributed by atoms with Crippen molar-refractivity contribution >= 4 is 16.8 Å². The van der Waals surface area contributed by atoms with Crippen molar-refractivity contribution in [2.75, 3.05) is 0 Å². The molecule has 2 fully saturated rings. The molecule has 0 radical (unpaired) electrons. The molecule has 5 nitrogen and oxygen atoms in total. The van der Waals surface area contributed by atoms with Crippen LogP contribution < -0.4 is 4.74 Å². The average Bonchev–Trinajstić information content (AvgIpc) is 2.98. The third-order valence-electron chi connectivity index (χ3n) is 5.68. The van der Waals surface area contributed by atoms with E-state index >= 15 is 0 Å². The number of benzene rings is 1. The maximum Gasteiger partial charge on any atom is 0.272 e. The lowest BCUT2D eigenvalue weighted by molar-refractivity contribution is 0.0353. The van der Waals surface area contributed by atoms with Crippen LogP contribution in [0.4, 0.5) is 0 Å². The van der Waals surface area contributed by atoms with Gasteiger partial charge in [0.1, 0.15) is 17.5 Å². The summed E-state index contributed by atoms with van der Waals surface area (Å²) in [4.78, 5) is 24.0. The lowest BCUT2D eigenvalue weighted by atomic mass is 9.99. The zero-order valence-corrected chi connectivity index (χ0v) is 15.0. The lowest BCUT2D eigenvalue weighted by Gasteiger charge is -2.38. The average molecular weight is 359 g/mol. The Morgan fingerprint density at radius 2 is 1.81 bits per heavy atom. The number of ether oxygens (including phenoxy) is 1. The summed E-state index contributed by atoms with van der Waals surface area (Å²) >= 11 is 0. The number of piperidine rings is 1. The van der Waals surface area contributed by atoms with E-state index in [-0.39, 0.29) is 24.1 Å². The molecule has 1 aromatic carbocycles. The number of para-hydroxylation sites is 1. The van der Waals surface area contributed by atoms with Crippen LogP contribution in [-0.4, -0.2) is 39.0 Å². The number of rotatable bonds is 3. The van der Waals surface area contributed by atoms with E-state index in [1.165, 1.54) is 0 Å². The predicted molar refractivity (Wildman–Crippen MR) is 103 cm³/mol. The molecule has 4 heterocycles. The first-order valence-electron chi connectivity index (χ1n) is 9.53. The van der Waals surface area contributed by atoms with Gasteiger partial charge in [-0.15, -0.1) is 0 Å². The monoisotopic (exact) mass is 359 g/mol. The van der Waals surface area contributed by atoms with Gasteiger partial charge in [0.25, 0.3) is 5.91 Å². The van der Waals surface area contributed by atoms with Crippen molar-refractivity contribution in [2.45, 2.75) is 43.9 Å². The summed E-state index contributed by atoms with van der Waals surface area (Å²) in [5.74, 6) is 0.853. The quantitative estimate of drug-likeness (QED) is 0.713. The highest BCUT2D eigenvalue weighted by atomic mass is 16.5. The normalized spacial score (nSPS) is 24.1. The van der Waals surface area contributed by atoms with Gasteiger partial charge < -0.3 is 9.64 Å². The van der Waals surface area contributed by atoms with Crippen LogP contribution in [-0.2, 0) is 0 Å². The van der Waals surface area contributed by atoms with Gasteiger partial charge in [0.2, 0.25) is 0 Å². The van der Waals surface area contributed by atoms with E-state index in [0.29, 0.717) is 5.69 Å². The van der Waals surface area contributed by atoms with E-state index in [0.717, 1.165) is 42.3 Å². The number of fused-ring (bicyclic) bond motifs is 3. The van der Waals surface area contributed by atoms with Crippen molar-refractivity contribution in [2.24, 2.45) is 0 Å². The van der Waals surface area contributed by atoms with Crippen LogP contribution in [0.5, 0.6) is 5.75 Å². The fraction of sp³-hybridized carbons (Fsp3) is 0.318. The van der Waals surface area contributed by atoms with Gasteiger partial charge in [-0.1, -0.05) is 24.3 Å². The zero-order valence-electron chi connectivity index (χ0n) is 15.0. The Morgan fingerprint density at radius 1 is 1.00 bits per heavy atom. The van der Waals surface area contributed by atoms with Gasteiger partial charge in [-0.05, 0) is 37.1 Å². The first-order valence-corrected chi connectivity index (χ1v) is 9.53. The van der Waals surface area contributed by atoms with Gasteiger partial charge in [0.05, 0.1) is 11.7 Å². The molecule has 5 heteroatoms. The summed E-state index contributed by atoms with van der Waals surface area (Å²) in [5, 5.41) is 1.06. The highest BCUT2D eigenvalue weighted by Crippen LogP contribution is 2.38. The highest BCUT2D eigenvalue weighted by Gasteiger charge is 2.44. The summed E-state index contributed by atoms with van der Waals surface area (Å²) in [6, 6.07) is 16.0. The second kappa shape index (κ2) is 6.65. The van der Waals surface area contributed by atoms with Crippen LogP contribution in [0.2, 0.25) is 0 Å². The molecule has 3 aromatic rings. The third kappa shape index (κ3) is 3.03. The molecule has 2 aromatic heterocycles. The molecule has 0 saturated carbocycles. The molecule has 2 saturated heterocycles. The predicted octanol–water partition coefficient (Wildman–Crippen LogP) is 3.84. The third-order valence-corrected chi connectivity index (χ3v) is 5.68. The Labute approximate surface area is 158 Å². The van der Waals surface area contributed by atoms with Crippen molar-refractivity contribution in [3.8, 4) is 5.75 Å². The molecule has 1 amide bonds. The molecule has 2 atom stereocenters. The van der Waals surface area contributed by atoms with Crippen molar-refractivity contribution in [3.63, 3.8) is 0 Å². The van der Waals surface area contributed by atoms with Crippen molar-refractivity contribution in [1.82, 2.24) is 14.9 Å². The minimum absolute atomic E-state index is 0.0491. The molecule has 5 rings (SSSR count). The van der Waals surface area contributed by atoms with Crippen molar-refractivity contribution in [3.05, 3.63) is 66.6 Å². The molecular formula is C22H21N3O2. The van der Waals surface area contributed by atoms with Gasteiger partial charge in [0, 0.05) is 36.5 Å². The number of carbonyl (C=O) groups excluding carboxylic acids is 1. The number of carbonyl (C=O) groups is 1. The Morgan fingerprint density at radius 3 is 2.59 bits per heavy atom. The second-order valence-electron chi connectivity index (χ2n) is 7.39. The van der Waals surface area contributed by atoms with Gasteiger partial charge in [-0.2, -0.15) is 0 Å². The Kier molecular flexibility index (Phi) is 4.00. The molecule has 2 aliphatic heterocycles. The van der Waals surface area contributed by atoms with Crippen LogP contribution in [0.1, 0.15) is 36.2 Å². The largest absolute Gasteiger partial charge is 0.489 e. The van der Waals surface area contributed by atoms with Crippen molar-refractivity contribution in [1.29, 1.82) is 0 Å². The maximum atomic E-state index is 13.2. The molecule has 27 heavy (non-hydrogen) atoms. The first-order chi connectivity index (χ1) is 13.3. The van der Waals surface area contributed by atoms with E-state index in [4.69, 9.17) is 4.74 Å². The van der Waals surface area contributed by atoms with E-state index in [2.05, 4.69) is 14.9 Å². The summed E-state index contributed by atoms with van der Waals surface area (Å²) in [7, 11) is 0. The molecule has 0 spiro atoms.